The largest absolute Gasteiger partial charge is 0.393 e. The number of hydrogen-bond acceptors (Lipinski definition) is 3. The Balaban J connectivity index is 1.83. The van der Waals surface area contributed by atoms with Crippen molar-refractivity contribution in [2.75, 3.05) is 13.1 Å². The molecule has 1 aliphatic rings. The lowest BCUT2D eigenvalue weighted by Gasteiger charge is -2.34. The van der Waals surface area contributed by atoms with Crippen LogP contribution >= 0.6 is 0 Å². The van der Waals surface area contributed by atoms with Gasteiger partial charge in [0.2, 0.25) is 0 Å². The minimum absolute atomic E-state index is 0.121. The molecule has 1 aliphatic heterocycles. The Hall–Kier alpha value is -0.870. The first-order chi connectivity index (χ1) is 9.97. The van der Waals surface area contributed by atoms with Crippen LogP contribution in [0.4, 0.5) is 0 Å². The molecule has 0 saturated carbocycles. The van der Waals surface area contributed by atoms with Crippen molar-refractivity contribution in [2.24, 2.45) is 11.8 Å². The molecule has 1 aromatic rings. The monoisotopic (exact) mass is 293 g/mol. The minimum atomic E-state index is -0.121. The second-order valence-electron chi connectivity index (χ2n) is 7.15. The molecule has 2 heterocycles. The second-order valence-corrected chi connectivity index (χ2v) is 7.15. The van der Waals surface area contributed by atoms with E-state index in [4.69, 9.17) is 0 Å². The Bertz CT molecular complexity index is 419. The first-order valence-electron chi connectivity index (χ1n) is 8.39. The maximum atomic E-state index is 10.3. The highest BCUT2D eigenvalue weighted by Gasteiger charge is 2.26. The minimum Gasteiger partial charge on any atom is -0.393 e. The summed E-state index contributed by atoms with van der Waals surface area (Å²) in [6.45, 7) is 11.8. The molecular weight excluding hydrogens is 262 g/mol. The number of rotatable bonds is 6. The molecule has 4 nitrogen and oxygen atoms in total. The second kappa shape index (κ2) is 7.41. The predicted octanol–water partition coefficient (Wildman–Crippen LogP) is 3.08. The van der Waals surface area contributed by atoms with Crippen LogP contribution in [0.15, 0.2) is 12.4 Å². The van der Waals surface area contributed by atoms with Gasteiger partial charge >= 0.3 is 0 Å². The zero-order chi connectivity index (χ0) is 15.4. The Morgan fingerprint density at radius 2 is 1.90 bits per heavy atom. The van der Waals surface area contributed by atoms with Crippen LogP contribution < -0.4 is 0 Å². The third-order valence-electron chi connectivity index (χ3n) is 4.56. The van der Waals surface area contributed by atoms with Crippen LogP contribution in [0.5, 0.6) is 0 Å². The Morgan fingerprint density at radius 3 is 2.48 bits per heavy atom. The van der Waals surface area contributed by atoms with Crippen LogP contribution in [-0.4, -0.2) is 38.8 Å². The van der Waals surface area contributed by atoms with E-state index < -0.39 is 0 Å². The van der Waals surface area contributed by atoms with Gasteiger partial charge in [-0.1, -0.05) is 13.8 Å². The highest BCUT2D eigenvalue weighted by molar-refractivity contribution is 4.95. The van der Waals surface area contributed by atoms with Gasteiger partial charge in [-0.15, -0.1) is 0 Å². The zero-order valence-corrected chi connectivity index (χ0v) is 14.0. The number of imidazole rings is 1. The molecule has 0 radical (unpaired) electrons. The summed E-state index contributed by atoms with van der Waals surface area (Å²) in [5.74, 6) is 2.22. The van der Waals surface area contributed by atoms with Crippen LogP contribution in [0.1, 0.15) is 58.8 Å². The normalized spacial score (nSPS) is 19.6. The highest BCUT2D eigenvalue weighted by atomic mass is 16.3. The van der Waals surface area contributed by atoms with Crippen molar-refractivity contribution in [2.45, 2.75) is 65.6 Å². The van der Waals surface area contributed by atoms with Gasteiger partial charge in [-0.3, -0.25) is 4.90 Å². The summed E-state index contributed by atoms with van der Waals surface area (Å²) in [7, 11) is 0. The molecule has 1 atom stereocenters. The van der Waals surface area contributed by atoms with E-state index in [1.54, 1.807) is 0 Å². The van der Waals surface area contributed by atoms with Crippen LogP contribution in [0, 0.1) is 11.8 Å². The smallest absolute Gasteiger partial charge is 0.123 e. The van der Waals surface area contributed by atoms with Gasteiger partial charge in [0.15, 0.2) is 0 Å². The molecule has 0 unspecified atom stereocenters. The summed E-state index contributed by atoms with van der Waals surface area (Å²) >= 11 is 0. The molecule has 1 aromatic heterocycles. The fourth-order valence-corrected chi connectivity index (χ4v) is 3.31. The number of aliphatic hydroxyl groups is 1. The Morgan fingerprint density at radius 1 is 1.24 bits per heavy atom. The van der Waals surface area contributed by atoms with Crippen molar-refractivity contribution in [3.63, 3.8) is 0 Å². The number of nitrogens with zero attached hydrogens (tertiary/aromatic N) is 3. The van der Waals surface area contributed by atoms with E-state index >= 15 is 0 Å². The van der Waals surface area contributed by atoms with Crippen LogP contribution in [0.3, 0.4) is 0 Å². The lowest BCUT2D eigenvalue weighted by atomic mass is 9.87. The molecule has 2 rings (SSSR count). The van der Waals surface area contributed by atoms with Crippen LogP contribution in [-0.2, 0) is 6.54 Å². The SMILES string of the molecule is CC(C)C[C@@H](O)C1CCN(Cc2nccn2C(C)C)CC1. The van der Waals surface area contributed by atoms with E-state index in [-0.39, 0.29) is 6.10 Å². The highest BCUT2D eigenvalue weighted by Crippen LogP contribution is 2.25. The summed E-state index contributed by atoms with van der Waals surface area (Å²) in [5, 5.41) is 10.3. The van der Waals surface area contributed by atoms with E-state index in [0.29, 0.717) is 17.9 Å². The number of hydrogen-bond donors (Lipinski definition) is 1. The van der Waals surface area contributed by atoms with Crippen LogP contribution in [0.2, 0.25) is 0 Å². The number of aliphatic hydroxyl groups excluding tert-OH is 1. The van der Waals surface area contributed by atoms with E-state index in [1.807, 2.05) is 6.20 Å². The van der Waals surface area contributed by atoms with Crippen molar-refractivity contribution in [1.82, 2.24) is 14.5 Å². The molecule has 0 aromatic carbocycles. The molecule has 1 N–H and O–H groups in total. The molecule has 0 amide bonds. The molecule has 0 aliphatic carbocycles. The van der Waals surface area contributed by atoms with Crippen molar-refractivity contribution in [3.05, 3.63) is 18.2 Å². The molecule has 1 fully saturated rings. The molecule has 0 spiro atoms. The lowest BCUT2D eigenvalue weighted by molar-refractivity contribution is 0.0428. The lowest BCUT2D eigenvalue weighted by Crippen LogP contribution is -2.38. The maximum absolute atomic E-state index is 10.3. The zero-order valence-electron chi connectivity index (χ0n) is 14.0. The quantitative estimate of drug-likeness (QED) is 0.876. The Kier molecular flexibility index (Phi) is 5.82. The standard InChI is InChI=1S/C17H31N3O/c1-13(2)11-16(21)15-5-8-19(9-6-15)12-17-18-7-10-20(17)14(3)4/h7,10,13-16,21H,5-6,8-9,11-12H2,1-4H3/t16-/m1/s1. The third-order valence-corrected chi connectivity index (χ3v) is 4.56. The average molecular weight is 293 g/mol. The van der Waals surface area contributed by atoms with Gasteiger partial charge in [0.1, 0.15) is 5.82 Å². The van der Waals surface area contributed by atoms with Gasteiger partial charge in [-0.2, -0.15) is 0 Å². The van der Waals surface area contributed by atoms with E-state index in [1.165, 1.54) is 0 Å². The summed E-state index contributed by atoms with van der Waals surface area (Å²) in [6, 6.07) is 0.466. The maximum Gasteiger partial charge on any atom is 0.123 e. The number of piperidine rings is 1. The number of likely N-dealkylation sites (tertiary alicyclic amines) is 1. The molecule has 1 saturated heterocycles. The number of aromatic nitrogens is 2. The Labute approximate surface area is 129 Å². The first-order valence-corrected chi connectivity index (χ1v) is 8.39. The van der Waals surface area contributed by atoms with Gasteiger partial charge < -0.3 is 9.67 Å². The van der Waals surface area contributed by atoms with Gasteiger partial charge in [0.25, 0.3) is 0 Å². The molecule has 21 heavy (non-hydrogen) atoms. The summed E-state index contributed by atoms with van der Waals surface area (Å²) in [6.07, 6.45) is 6.99. The van der Waals surface area contributed by atoms with Gasteiger partial charge in [-0.05, 0) is 58.0 Å². The average Bonchev–Trinajstić information content (AvgIpc) is 2.87. The van der Waals surface area contributed by atoms with Gasteiger partial charge in [-0.25, -0.2) is 4.98 Å². The molecular formula is C17H31N3O. The van der Waals surface area contributed by atoms with Crippen molar-refractivity contribution < 1.29 is 5.11 Å². The van der Waals surface area contributed by atoms with Crippen molar-refractivity contribution in [3.8, 4) is 0 Å². The fraction of sp³-hybridized carbons (Fsp3) is 0.824. The van der Waals surface area contributed by atoms with E-state index in [2.05, 4.69) is 48.3 Å². The first kappa shape index (κ1) is 16.5. The van der Waals surface area contributed by atoms with Crippen molar-refractivity contribution in [1.29, 1.82) is 0 Å². The van der Waals surface area contributed by atoms with E-state index in [9.17, 15) is 5.11 Å². The fourth-order valence-electron chi connectivity index (χ4n) is 3.31. The molecule has 0 bridgehead atoms. The van der Waals surface area contributed by atoms with Gasteiger partial charge in [0, 0.05) is 18.4 Å². The summed E-state index contributed by atoms with van der Waals surface area (Å²) in [4.78, 5) is 6.97. The predicted molar refractivity (Wildman–Crippen MR) is 86.1 cm³/mol. The third kappa shape index (κ3) is 4.55. The van der Waals surface area contributed by atoms with Crippen molar-refractivity contribution >= 4 is 0 Å². The molecule has 4 heteroatoms. The summed E-state index contributed by atoms with van der Waals surface area (Å²) < 4.78 is 2.25. The summed E-state index contributed by atoms with van der Waals surface area (Å²) in [5.41, 5.74) is 0. The van der Waals surface area contributed by atoms with Crippen LogP contribution in [0.25, 0.3) is 0 Å². The molecule has 120 valence electrons. The van der Waals surface area contributed by atoms with E-state index in [0.717, 1.165) is 44.7 Å². The topological polar surface area (TPSA) is 41.3 Å². The van der Waals surface area contributed by atoms with Gasteiger partial charge in [0.05, 0.1) is 12.6 Å².